The van der Waals surface area contributed by atoms with Crippen LogP contribution >= 0.6 is 0 Å². The van der Waals surface area contributed by atoms with Crippen molar-refractivity contribution in [1.29, 1.82) is 0 Å². The van der Waals surface area contributed by atoms with E-state index in [0.29, 0.717) is 12.0 Å². The van der Waals surface area contributed by atoms with Gasteiger partial charge < -0.3 is 5.32 Å². The van der Waals surface area contributed by atoms with Crippen LogP contribution in [0.5, 0.6) is 0 Å². The molecule has 3 nitrogen and oxygen atoms in total. The first-order valence-electron chi connectivity index (χ1n) is 7.36. The van der Waals surface area contributed by atoms with E-state index in [1.54, 1.807) is 0 Å². The highest BCUT2D eigenvalue weighted by molar-refractivity contribution is 5.43. The molecule has 1 aromatic heterocycles. The summed E-state index contributed by atoms with van der Waals surface area (Å²) in [6.45, 7) is 11.7. The fourth-order valence-corrected chi connectivity index (χ4v) is 2.17. The third kappa shape index (κ3) is 3.48. The number of rotatable bonds is 5. The third-order valence-electron chi connectivity index (χ3n) is 3.38. The first-order chi connectivity index (χ1) is 9.47. The maximum Gasteiger partial charge on any atom is 0.0690 e. The SMILES string of the molecule is Cc1ccc(-n2ccc(C(C)C)n2)c(CNC(C)C)c1. The molecule has 108 valence electrons. The Balaban J connectivity index is 2.33. The highest BCUT2D eigenvalue weighted by Crippen LogP contribution is 2.19. The number of hydrogen-bond donors (Lipinski definition) is 1. The molecule has 0 bridgehead atoms. The second kappa shape index (κ2) is 6.23. The van der Waals surface area contributed by atoms with Gasteiger partial charge in [0.15, 0.2) is 0 Å². The van der Waals surface area contributed by atoms with Gasteiger partial charge in [0, 0.05) is 18.8 Å². The number of nitrogens with zero attached hydrogens (tertiary/aromatic N) is 2. The molecule has 0 fully saturated rings. The van der Waals surface area contributed by atoms with Crippen LogP contribution in [0.4, 0.5) is 0 Å². The molecule has 0 aliphatic rings. The van der Waals surface area contributed by atoms with Crippen molar-refractivity contribution in [3.63, 3.8) is 0 Å². The molecule has 1 N–H and O–H groups in total. The lowest BCUT2D eigenvalue weighted by Crippen LogP contribution is -2.22. The molecule has 0 radical (unpaired) electrons. The van der Waals surface area contributed by atoms with Crippen LogP contribution in [-0.2, 0) is 6.54 Å². The quantitative estimate of drug-likeness (QED) is 0.896. The molecular formula is C17H25N3. The van der Waals surface area contributed by atoms with E-state index in [2.05, 4.69) is 75.5 Å². The Bertz CT molecular complexity index is 567. The van der Waals surface area contributed by atoms with Gasteiger partial charge in [0.05, 0.1) is 11.4 Å². The zero-order valence-electron chi connectivity index (χ0n) is 13.1. The van der Waals surface area contributed by atoms with Gasteiger partial charge in [-0.2, -0.15) is 5.10 Å². The van der Waals surface area contributed by atoms with Gasteiger partial charge in [0.25, 0.3) is 0 Å². The maximum absolute atomic E-state index is 4.69. The second-order valence-electron chi connectivity index (χ2n) is 6.01. The zero-order chi connectivity index (χ0) is 14.7. The fraction of sp³-hybridized carbons (Fsp3) is 0.471. The summed E-state index contributed by atoms with van der Waals surface area (Å²) in [5, 5.41) is 8.17. The molecule has 0 saturated carbocycles. The van der Waals surface area contributed by atoms with Crippen molar-refractivity contribution < 1.29 is 0 Å². The van der Waals surface area contributed by atoms with E-state index in [1.165, 1.54) is 11.1 Å². The van der Waals surface area contributed by atoms with Gasteiger partial charge in [-0.05, 0) is 30.5 Å². The van der Waals surface area contributed by atoms with Gasteiger partial charge in [0.1, 0.15) is 0 Å². The topological polar surface area (TPSA) is 29.9 Å². The highest BCUT2D eigenvalue weighted by atomic mass is 15.3. The minimum atomic E-state index is 0.457. The van der Waals surface area contributed by atoms with Gasteiger partial charge in [-0.15, -0.1) is 0 Å². The summed E-state index contributed by atoms with van der Waals surface area (Å²) in [6, 6.07) is 9.12. The van der Waals surface area contributed by atoms with E-state index < -0.39 is 0 Å². The minimum absolute atomic E-state index is 0.457. The zero-order valence-corrected chi connectivity index (χ0v) is 13.1. The van der Waals surface area contributed by atoms with Gasteiger partial charge in [-0.3, -0.25) is 0 Å². The average Bonchev–Trinajstić information content (AvgIpc) is 2.86. The van der Waals surface area contributed by atoms with Crippen LogP contribution in [0, 0.1) is 6.92 Å². The van der Waals surface area contributed by atoms with Crippen LogP contribution < -0.4 is 5.32 Å². The van der Waals surface area contributed by atoms with Gasteiger partial charge in [0.2, 0.25) is 0 Å². The standard InChI is InChI=1S/C17H25N3/c1-12(2)16-8-9-20(19-16)17-7-6-14(5)10-15(17)11-18-13(3)4/h6-10,12-13,18H,11H2,1-5H3. The molecule has 20 heavy (non-hydrogen) atoms. The normalized spacial score (nSPS) is 11.6. The van der Waals surface area contributed by atoms with Crippen molar-refractivity contribution in [3.05, 3.63) is 47.3 Å². The minimum Gasteiger partial charge on any atom is -0.310 e. The Morgan fingerprint density at radius 2 is 1.90 bits per heavy atom. The first-order valence-corrected chi connectivity index (χ1v) is 7.36. The monoisotopic (exact) mass is 271 g/mol. The van der Waals surface area contributed by atoms with Crippen LogP contribution in [0.25, 0.3) is 5.69 Å². The van der Waals surface area contributed by atoms with Crippen LogP contribution in [-0.4, -0.2) is 15.8 Å². The summed E-state index contributed by atoms with van der Waals surface area (Å²) in [5.74, 6) is 0.457. The van der Waals surface area contributed by atoms with Crippen molar-refractivity contribution >= 4 is 0 Å². The molecule has 1 aromatic carbocycles. The fourth-order valence-electron chi connectivity index (χ4n) is 2.17. The molecule has 0 saturated heterocycles. The van der Waals surface area contributed by atoms with Gasteiger partial charge in [-0.25, -0.2) is 4.68 Å². The summed E-state index contributed by atoms with van der Waals surface area (Å²) in [7, 11) is 0. The molecule has 0 aliphatic heterocycles. The number of hydrogen-bond acceptors (Lipinski definition) is 2. The van der Waals surface area contributed by atoms with E-state index in [9.17, 15) is 0 Å². The summed E-state index contributed by atoms with van der Waals surface area (Å²) in [4.78, 5) is 0. The van der Waals surface area contributed by atoms with Crippen LogP contribution in [0.15, 0.2) is 30.5 Å². The Morgan fingerprint density at radius 3 is 2.50 bits per heavy atom. The van der Waals surface area contributed by atoms with Crippen LogP contribution in [0.1, 0.15) is 50.4 Å². The number of aryl methyl sites for hydroxylation is 1. The van der Waals surface area contributed by atoms with Gasteiger partial charge >= 0.3 is 0 Å². The van der Waals surface area contributed by atoms with Crippen molar-refractivity contribution in [2.75, 3.05) is 0 Å². The third-order valence-corrected chi connectivity index (χ3v) is 3.38. The van der Waals surface area contributed by atoms with E-state index in [-0.39, 0.29) is 0 Å². The average molecular weight is 271 g/mol. The molecule has 0 atom stereocenters. The Morgan fingerprint density at radius 1 is 1.15 bits per heavy atom. The summed E-state index contributed by atoms with van der Waals surface area (Å²) in [5.41, 5.74) is 4.87. The summed E-state index contributed by atoms with van der Waals surface area (Å²) in [6.07, 6.45) is 2.05. The number of nitrogens with one attached hydrogen (secondary N) is 1. The van der Waals surface area contributed by atoms with E-state index >= 15 is 0 Å². The highest BCUT2D eigenvalue weighted by Gasteiger charge is 2.09. The predicted octanol–water partition coefficient (Wildman–Crippen LogP) is 3.80. The van der Waals surface area contributed by atoms with E-state index in [0.717, 1.165) is 17.9 Å². The molecule has 2 rings (SSSR count). The van der Waals surface area contributed by atoms with Gasteiger partial charge in [-0.1, -0.05) is 45.4 Å². The predicted molar refractivity (Wildman–Crippen MR) is 84.4 cm³/mol. The summed E-state index contributed by atoms with van der Waals surface area (Å²) < 4.78 is 1.99. The van der Waals surface area contributed by atoms with Crippen molar-refractivity contribution in [2.24, 2.45) is 0 Å². The Kier molecular flexibility index (Phi) is 4.61. The molecule has 3 heteroatoms. The maximum atomic E-state index is 4.69. The van der Waals surface area contributed by atoms with E-state index in [4.69, 9.17) is 0 Å². The van der Waals surface area contributed by atoms with E-state index in [1.807, 2.05) is 4.68 Å². The Hall–Kier alpha value is -1.61. The number of aromatic nitrogens is 2. The largest absolute Gasteiger partial charge is 0.310 e. The molecule has 0 spiro atoms. The van der Waals surface area contributed by atoms with Crippen LogP contribution in [0.3, 0.4) is 0 Å². The van der Waals surface area contributed by atoms with Crippen molar-refractivity contribution in [3.8, 4) is 5.69 Å². The lowest BCUT2D eigenvalue weighted by molar-refractivity contribution is 0.586. The smallest absolute Gasteiger partial charge is 0.0690 e. The second-order valence-corrected chi connectivity index (χ2v) is 6.01. The summed E-state index contributed by atoms with van der Waals surface area (Å²) >= 11 is 0. The first kappa shape index (κ1) is 14.8. The van der Waals surface area contributed by atoms with Crippen molar-refractivity contribution in [1.82, 2.24) is 15.1 Å². The lowest BCUT2D eigenvalue weighted by Gasteiger charge is -2.13. The Labute approximate surface area is 122 Å². The van der Waals surface area contributed by atoms with Crippen LogP contribution in [0.2, 0.25) is 0 Å². The lowest BCUT2D eigenvalue weighted by atomic mass is 10.1. The molecule has 0 unspecified atom stereocenters. The number of benzene rings is 1. The molecular weight excluding hydrogens is 246 g/mol. The van der Waals surface area contributed by atoms with Crippen molar-refractivity contribution in [2.45, 2.75) is 53.1 Å². The molecule has 2 aromatic rings. The molecule has 1 heterocycles. The molecule has 0 amide bonds. The molecule has 0 aliphatic carbocycles.